The Kier molecular flexibility index (Phi) is 7.56. The lowest BCUT2D eigenvalue weighted by Crippen LogP contribution is -2.24. The van der Waals surface area contributed by atoms with E-state index in [-0.39, 0.29) is 11.7 Å². The van der Waals surface area contributed by atoms with Crippen LogP contribution in [0.15, 0.2) is 48.5 Å². The minimum absolute atomic E-state index is 0.0338. The van der Waals surface area contributed by atoms with Crippen molar-refractivity contribution in [2.24, 2.45) is 5.92 Å². The average Bonchev–Trinajstić information content (AvgIpc) is 2.62. The van der Waals surface area contributed by atoms with Crippen LogP contribution in [0.5, 0.6) is 0 Å². The van der Waals surface area contributed by atoms with Gasteiger partial charge in [0, 0.05) is 6.54 Å². The Morgan fingerprint density at radius 3 is 1.96 bits per heavy atom. The molecule has 2 rings (SSSR count). The Morgan fingerprint density at radius 2 is 1.41 bits per heavy atom. The van der Waals surface area contributed by atoms with E-state index in [2.05, 4.69) is 36.0 Å². The third kappa shape index (κ3) is 7.53. The molecule has 0 spiro atoms. The fraction of sp³-hybridized carbons (Fsp3) is 0.381. The molecule has 0 atom stereocenters. The third-order valence-corrected chi connectivity index (χ3v) is 5.55. The van der Waals surface area contributed by atoms with Gasteiger partial charge in [-0.15, -0.1) is 0 Å². The van der Waals surface area contributed by atoms with Crippen molar-refractivity contribution in [2.75, 3.05) is 7.05 Å². The van der Waals surface area contributed by atoms with Gasteiger partial charge in [-0.2, -0.15) is 0 Å². The molecular formula is C21H28N2O3S. The van der Waals surface area contributed by atoms with E-state index in [9.17, 15) is 13.2 Å². The van der Waals surface area contributed by atoms with Crippen molar-refractivity contribution < 1.29 is 13.2 Å². The molecular weight excluding hydrogens is 360 g/mol. The van der Waals surface area contributed by atoms with Gasteiger partial charge in [-0.05, 0) is 41.6 Å². The number of hydrogen-bond acceptors (Lipinski definition) is 3. The van der Waals surface area contributed by atoms with Crippen molar-refractivity contribution in [1.82, 2.24) is 10.0 Å². The maximum Gasteiger partial charge on any atom is 0.224 e. The highest BCUT2D eigenvalue weighted by molar-refractivity contribution is 7.88. The standard InChI is InChI=1S/C21H28N2O3S/c1-16(2)12-17-4-6-18(7-5-17)13-21(24)23-14-19-8-10-20(11-9-19)15-27(25,26)22-3/h4-11,16,22H,12-15H2,1-3H3,(H,23,24). The van der Waals surface area contributed by atoms with Gasteiger partial charge in [0.05, 0.1) is 12.2 Å². The lowest BCUT2D eigenvalue weighted by Gasteiger charge is -2.08. The fourth-order valence-electron chi connectivity index (χ4n) is 2.76. The van der Waals surface area contributed by atoms with Gasteiger partial charge >= 0.3 is 0 Å². The Labute approximate surface area is 162 Å². The smallest absolute Gasteiger partial charge is 0.224 e. The van der Waals surface area contributed by atoms with Crippen LogP contribution in [0.25, 0.3) is 0 Å². The molecule has 0 unspecified atom stereocenters. The topological polar surface area (TPSA) is 75.3 Å². The molecule has 0 aliphatic rings. The Balaban J connectivity index is 1.83. The van der Waals surface area contributed by atoms with Crippen molar-refractivity contribution >= 4 is 15.9 Å². The molecule has 0 saturated carbocycles. The molecule has 0 heterocycles. The van der Waals surface area contributed by atoms with E-state index in [1.54, 1.807) is 12.1 Å². The number of nitrogens with one attached hydrogen (secondary N) is 2. The van der Waals surface area contributed by atoms with Gasteiger partial charge in [-0.25, -0.2) is 13.1 Å². The Bertz CT molecular complexity index is 842. The molecule has 1 amide bonds. The summed E-state index contributed by atoms with van der Waals surface area (Å²) < 4.78 is 25.4. The van der Waals surface area contributed by atoms with Crippen LogP contribution >= 0.6 is 0 Å². The molecule has 0 aliphatic carbocycles. The molecule has 5 nitrogen and oxygen atoms in total. The van der Waals surface area contributed by atoms with Crippen LogP contribution in [0.4, 0.5) is 0 Å². The molecule has 0 radical (unpaired) electrons. The highest BCUT2D eigenvalue weighted by atomic mass is 32.2. The van der Waals surface area contributed by atoms with Crippen LogP contribution in [0.1, 0.15) is 36.1 Å². The lowest BCUT2D eigenvalue weighted by molar-refractivity contribution is -0.120. The first kappa shape index (κ1) is 21.1. The second-order valence-corrected chi connectivity index (χ2v) is 9.07. The summed E-state index contributed by atoms with van der Waals surface area (Å²) in [5, 5.41) is 2.90. The number of sulfonamides is 1. The first-order valence-corrected chi connectivity index (χ1v) is 10.8. The van der Waals surface area contributed by atoms with Gasteiger partial charge in [-0.3, -0.25) is 4.79 Å². The molecule has 0 aliphatic heterocycles. The summed E-state index contributed by atoms with van der Waals surface area (Å²) in [6.45, 7) is 4.80. The predicted molar refractivity (Wildman–Crippen MR) is 109 cm³/mol. The Hall–Kier alpha value is -2.18. The number of rotatable bonds is 9. The SMILES string of the molecule is CNS(=O)(=O)Cc1ccc(CNC(=O)Cc2ccc(CC(C)C)cc2)cc1. The average molecular weight is 389 g/mol. The summed E-state index contributed by atoms with van der Waals surface area (Å²) in [6, 6.07) is 15.4. The second kappa shape index (κ2) is 9.67. The van der Waals surface area contributed by atoms with Crippen LogP contribution in [0, 0.1) is 5.92 Å². The van der Waals surface area contributed by atoms with Crippen molar-refractivity contribution in [3.05, 3.63) is 70.8 Å². The number of hydrogen-bond donors (Lipinski definition) is 2. The largest absolute Gasteiger partial charge is 0.352 e. The molecule has 0 fully saturated rings. The quantitative estimate of drug-likeness (QED) is 0.694. The Morgan fingerprint density at radius 1 is 0.889 bits per heavy atom. The predicted octanol–water partition coefficient (Wildman–Crippen LogP) is 2.79. The number of benzene rings is 2. The van der Waals surface area contributed by atoms with Crippen LogP contribution in [-0.2, 0) is 40.0 Å². The van der Waals surface area contributed by atoms with Crippen LogP contribution in [-0.4, -0.2) is 21.4 Å². The van der Waals surface area contributed by atoms with Gasteiger partial charge < -0.3 is 5.32 Å². The summed E-state index contributed by atoms with van der Waals surface area (Å²) in [5.41, 5.74) is 3.92. The number of amides is 1. The highest BCUT2D eigenvalue weighted by Gasteiger charge is 2.09. The van der Waals surface area contributed by atoms with E-state index in [0.717, 1.165) is 17.5 Å². The van der Waals surface area contributed by atoms with Gasteiger partial charge in [0.2, 0.25) is 15.9 Å². The summed E-state index contributed by atoms with van der Waals surface area (Å²) >= 11 is 0. The minimum Gasteiger partial charge on any atom is -0.352 e. The van der Waals surface area contributed by atoms with Crippen molar-refractivity contribution in [3.63, 3.8) is 0 Å². The van der Waals surface area contributed by atoms with Crippen molar-refractivity contribution in [1.29, 1.82) is 0 Å². The highest BCUT2D eigenvalue weighted by Crippen LogP contribution is 2.11. The normalized spacial score (nSPS) is 11.6. The van der Waals surface area contributed by atoms with Crippen LogP contribution < -0.4 is 10.0 Å². The van der Waals surface area contributed by atoms with Gasteiger partial charge in [0.1, 0.15) is 0 Å². The molecule has 146 valence electrons. The summed E-state index contributed by atoms with van der Waals surface area (Å²) in [4.78, 5) is 12.1. The van der Waals surface area contributed by atoms with E-state index in [4.69, 9.17) is 0 Å². The molecule has 0 aromatic heterocycles. The van der Waals surface area contributed by atoms with E-state index >= 15 is 0 Å². The zero-order valence-corrected chi connectivity index (χ0v) is 17.0. The molecule has 0 saturated heterocycles. The lowest BCUT2D eigenvalue weighted by atomic mass is 10.0. The van der Waals surface area contributed by atoms with Gasteiger partial charge in [-0.1, -0.05) is 62.4 Å². The molecule has 27 heavy (non-hydrogen) atoms. The monoisotopic (exact) mass is 388 g/mol. The number of carbonyl (C=O) groups excluding carboxylic acids is 1. The minimum atomic E-state index is -3.28. The van der Waals surface area contributed by atoms with Crippen LogP contribution in [0.2, 0.25) is 0 Å². The zero-order valence-electron chi connectivity index (χ0n) is 16.2. The van der Waals surface area contributed by atoms with E-state index in [1.807, 2.05) is 24.3 Å². The molecule has 6 heteroatoms. The summed E-state index contributed by atoms with van der Waals surface area (Å²) in [5.74, 6) is 0.528. The first-order valence-electron chi connectivity index (χ1n) is 9.11. The summed E-state index contributed by atoms with van der Waals surface area (Å²) in [7, 11) is -1.88. The molecule has 2 aromatic carbocycles. The van der Waals surface area contributed by atoms with Gasteiger partial charge in [0.25, 0.3) is 0 Å². The van der Waals surface area contributed by atoms with E-state index < -0.39 is 10.0 Å². The van der Waals surface area contributed by atoms with E-state index in [0.29, 0.717) is 24.4 Å². The first-order chi connectivity index (χ1) is 12.8. The van der Waals surface area contributed by atoms with Crippen LogP contribution in [0.3, 0.4) is 0 Å². The van der Waals surface area contributed by atoms with E-state index in [1.165, 1.54) is 12.6 Å². The third-order valence-electron chi connectivity index (χ3n) is 4.21. The zero-order chi connectivity index (χ0) is 19.9. The van der Waals surface area contributed by atoms with Crippen molar-refractivity contribution in [3.8, 4) is 0 Å². The molecule has 2 aromatic rings. The second-order valence-electron chi connectivity index (χ2n) is 7.15. The molecule has 2 N–H and O–H groups in total. The van der Waals surface area contributed by atoms with Gasteiger partial charge in [0.15, 0.2) is 0 Å². The maximum atomic E-state index is 12.1. The van der Waals surface area contributed by atoms with Crippen molar-refractivity contribution in [2.45, 2.75) is 39.0 Å². The number of carbonyl (C=O) groups is 1. The summed E-state index contributed by atoms with van der Waals surface area (Å²) in [6.07, 6.45) is 1.39. The maximum absolute atomic E-state index is 12.1. The molecule has 0 bridgehead atoms. The fourth-order valence-corrected chi connectivity index (χ4v) is 3.53.